The molecule has 0 spiro atoms. The summed E-state index contributed by atoms with van der Waals surface area (Å²) in [7, 11) is 0. The number of amides is 1. The number of aromatic carboxylic acids is 1. The Morgan fingerprint density at radius 1 is 0.614 bits per heavy atom. The van der Waals surface area contributed by atoms with Crippen LogP contribution in [0.15, 0.2) is 35.8 Å². The van der Waals surface area contributed by atoms with Crippen molar-refractivity contribution in [1.29, 1.82) is 0 Å². The van der Waals surface area contributed by atoms with E-state index in [0.717, 1.165) is 6.54 Å². The van der Waals surface area contributed by atoms with Crippen LogP contribution in [-0.4, -0.2) is 91.6 Å². The molecule has 0 radical (unpaired) electrons. The summed E-state index contributed by atoms with van der Waals surface area (Å²) in [6, 6.07) is 0. The predicted octanol–water partition coefficient (Wildman–Crippen LogP) is 5.32. The normalized spacial score (nSPS) is 11.6. The van der Waals surface area contributed by atoms with Crippen LogP contribution < -0.4 is 21.7 Å². The summed E-state index contributed by atoms with van der Waals surface area (Å²) in [5.74, 6) is -3.01. The highest BCUT2D eigenvalue weighted by Gasteiger charge is 2.36. The topological polar surface area (TPSA) is 200 Å². The van der Waals surface area contributed by atoms with Gasteiger partial charge in [-0.3, -0.25) is 4.79 Å². The van der Waals surface area contributed by atoms with Gasteiger partial charge in [-0.1, -0.05) is 0 Å². The Kier molecular flexibility index (Phi) is 20.3. The number of esters is 2. The molecule has 0 saturated carbocycles. The highest BCUT2D eigenvalue weighted by Crippen LogP contribution is 2.45. The van der Waals surface area contributed by atoms with E-state index >= 15 is 0 Å². The van der Waals surface area contributed by atoms with E-state index in [4.69, 9.17) is 15.9 Å². The van der Waals surface area contributed by atoms with E-state index in [1.165, 1.54) is 0 Å². The number of ether oxygens (including phenoxy) is 1. The molecule has 0 fully saturated rings. The summed E-state index contributed by atoms with van der Waals surface area (Å²) in [6.07, 6.45) is 0. The highest BCUT2D eigenvalue weighted by molar-refractivity contribution is 9.15. The van der Waals surface area contributed by atoms with Crippen LogP contribution in [-0.2, 0) is 4.74 Å². The van der Waals surface area contributed by atoms with Gasteiger partial charge in [0.15, 0.2) is 0 Å². The van der Waals surface area contributed by atoms with Gasteiger partial charge >= 0.3 is 17.9 Å². The Labute approximate surface area is 319 Å². The van der Waals surface area contributed by atoms with Crippen molar-refractivity contribution in [2.24, 2.45) is 5.73 Å². The SMILES string of the molecule is NCCNCCO.O=C(O)c1c(Br)c(Br)c(Br)c(Br)c1C(=O)NCCNCCO.O=C1OC(=O)c2c(Br)c(Br)c(Br)c(Br)c21. The van der Waals surface area contributed by atoms with Crippen LogP contribution in [0.2, 0.25) is 0 Å². The molecule has 8 N–H and O–H groups in total. The summed E-state index contributed by atoms with van der Waals surface area (Å²) in [5.41, 5.74) is 5.49. The molecule has 20 heteroatoms. The van der Waals surface area contributed by atoms with Crippen molar-refractivity contribution in [3.05, 3.63) is 58.0 Å². The molecule has 0 bridgehead atoms. The molecule has 1 heterocycles. The van der Waals surface area contributed by atoms with Crippen LogP contribution in [0.1, 0.15) is 41.4 Å². The summed E-state index contributed by atoms with van der Waals surface area (Å²) >= 11 is 26.0. The molecule has 0 aliphatic carbocycles. The van der Waals surface area contributed by atoms with Gasteiger partial charge in [-0.2, -0.15) is 0 Å². The van der Waals surface area contributed by atoms with Gasteiger partial charge in [-0.05, 0) is 127 Å². The second kappa shape index (κ2) is 21.2. The molecular weight excluding hydrogens is 1110 g/mol. The molecule has 2 aromatic rings. The maximum atomic E-state index is 12.3. The quantitative estimate of drug-likeness (QED) is 0.0506. The number of benzene rings is 2. The lowest BCUT2D eigenvalue weighted by atomic mass is 10.1. The second-order valence-electron chi connectivity index (χ2n) is 7.99. The minimum absolute atomic E-state index is 0.00919. The largest absolute Gasteiger partial charge is 0.478 e. The summed E-state index contributed by atoms with van der Waals surface area (Å²) in [5, 5.41) is 34.6. The van der Waals surface area contributed by atoms with Gasteiger partial charge in [0.2, 0.25) is 0 Å². The fourth-order valence-electron chi connectivity index (χ4n) is 3.11. The number of carboxylic acids is 1. The van der Waals surface area contributed by atoms with Crippen molar-refractivity contribution in [3.63, 3.8) is 0 Å². The molecule has 1 aliphatic heterocycles. The Morgan fingerprint density at radius 2 is 1.02 bits per heavy atom. The number of halogens is 8. The molecule has 0 atom stereocenters. The first-order chi connectivity index (χ1) is 20.7. The number of cyclic esters (lactones) is 2. The van der Waals surface area contributed by atoms with Crippen molar-refractivity contribution < 1.29 is 39.2 Å². The second-order valence-corrected chi connectivity index (χ2v) is 14.3. The third kappa shape index (κ3) is 11.4. The number of rotatable bonds is 11. The van der Waals surface area contributed by atoms with Crippen LogP contribution in [0, 0.1) is 0 Å². The smallest absolute Gasteiger partial charge is 0.348 e. The van der Waals surface area contributed by atoms with Gasteiger partial charge < -0.3 is 41.7 Å². The zero-order valence-electron chi connectivity index (χ0n) is 22.1. The molecule has 0 saturated heterocycles. The van der Waals surface area contributed by atoms with Gasteiger partial charge in [-0.25, -0.2) is 14.4 Å². The predicted molar refractivity (Wildman–Crippen MR) is 192 cm³/mol. The van der Waals surface area contributed by atoms with E-state index in [1.54, 1.807) is 0 Å². The monoisotopic (exact) mass is 1130 g/mol. The number of carbonyl (C=O) groups is 4. The van der Waals surface area contributed by atoms with Gasteiger partial charge in [0, 0.05) is 75.1 Å². The highest BCUT2D eigenvalue weighted by atomic mass is 79.9. The Morgan fingerprint density at radius 3 is 1.43 bits per heavy atom. The third-order valence-corrected chi connectivity index (χ3v) is 14.6. The van der Waals surface area contributed by atoms with Gasteiger partial charge in [0.25, 0.3) is 5.91 Å². The Balaban J connectivity index is 0.000000377. The fourth-order valence-corrected chi connectivity index (χ4v) is 8.02. The fraction of sp³-hybridized carbons (Fsp3) is 0.333. The average Bonchev–Trinajstić information content (AvgIpc) is 3.29. The maximum Gasteiger partial charge on any atom is 0.348 e. The van der Waals surface area contributed by atoms with Crippen LogP contribution in [0.25, 0.3) is 0 Å². The molecule has 44 heavy (non-hydrogen) atoms. The van der Waals surface area contributed by atoms with Crippen molar-refractivity contribution in [3.8, 4) is 0 Å². The van der Waals surface area contributed by atoms with Crippen LogP contribution in [0.3, 0.4) is 0 Å². The van der Waals surface area contributed by atoms with Crippen molar-refractivity contribution >= 4 is 151 Å². The van der Waals surface area contributed by atoms with E-state index in [9.17, 15) is 24.3 Å². The lowest BCUT2D eigenvalue weighted by molar-refractivity contribution is 0.0442. The minimum Gasteiger partial charge on any atom is -0.478 e. The molecule has 1 aliphatic rings. The van der Waals surface area contributed by atoms with E-state index in [2.05, 4.69) is 148 Å². The van der Waals surface area contributed by atoms with E-state index < -0.39 is 23.8 Å². The van der Waals surface area contributed by atoms with Crippen LogP contribution >= 0.6 is 127 Å². The molecular formula is C24H24Br8N4O8. The number of nitrogens with two attached hydrogens (primary N) is 1. The van der Waals surface area contributed by atoms with E-state index in [1.807, 2.05) is 0 Å². The van der Waals surface area contributed by atoms with Crippen molar-refractivity contribution in [2.45, 2.75) is 0 Å². The van der Waals surface area contributed by atoms with Gasteiger partial charge in [0.05, 0.1) is 35.5 Å². The average molecular weight is 1140 g/mol. The number of aliphatic hydroxyl groups excluding tert-OH is 2. The number of carbonyl (C=O) groups excluding carboxylic acids is 3. The maximum absolute atomic E-state index is 12.3. The first-order valence-corrected chi connectivity index (χ1v) is 18.4. The molecule has 1 amide bonds. The Hall–Kier alpha value is 0.160. The number of nitrogens with one attached hydrogen (secondary N) is 3. The van der Waals surface area contributed by atoms with Crippen molar-refractivity contribution in [2.75, 3.05) is 52.5 Å². The lowest BCUT2D eigenvalue weighted by Gasteiger charge is -2.14. The van der Waals surface area contributed by atoms with E-state index in [0.29, 0.717) is 64.0 Å². The summed E-state index contributed by atoms with van der Waals surface area (Å²) < 4.78 is 8.49. The standard InChI is InChI=1S/C12H12Br4N2O4.C8Br4O3.C4H12N2O/c13-7-5(11(20)18-2-1-17-3-4-19)6(12(21)22)8(14)10(16)9(7)15;9-3-1-2(8(14)15-7(1)13)4(10)6(12)5(3)11;5-1-2-6-3-4-7/h17,19H,1-4H2,(H,18,20)(H,21,22);;6-7H,1-5H2. The molecule has 244 valence electrons. The molecule has 2 aromatic carbocycles. The molecule has 0 aromatic heterocycles. The first kappa shape index (κ1) is 42.2. The minimum atomic E-state index is -1.22. The lowest BCUT2D eigenvalue weighted by Crippen LogP contribution is -2.34. The first-order valence-electron chi connectivity index (χ1n) is 12.0. The molecule has 0 unspecified atom stereocenters. The van der Waals surface area contributed by atoms with Gasteiger partial charge in [0.1, 0.15) is 0 Å². The third-order valence-electron chi connectivity index (χ3n) is 5.05. The number of hydrogen-bond donors (Lipinski definition) is 7. The summed E-state index contributed by atoms with van der Waals surface area (Å²) in [6.45, 7) is 3.48. The van der Waals surface area contributed by atoms with Crippen molar-refractivity contribution in [1.82, 2.24) is 16.0 Å². The van der Waals surface area contributed by atoms with Gasteiger partial charge in [-0.15, -0.1) is 0 Å². The number of hydrogen-bond acceptors (Lipinski definition) is 10. The van der Waals surface area contributed by atoms with Crippen LogP contribution in [0.5, 0.6) is 0 Å². The summed E-state index contributed by atoms with van der Waals surface area (Å²) in [4.78, 5) is 46.5. The van der Waals surface area contributed by atoms with E-state index in [-0.39, 0.29) is 39.9 Å². The zero-order chi connectivity index (χ0) is 33.7. The number of fused-ring (bicyclic) bond motifs is 1. The zero-order valence-corrected chi connectivity index (χ0v) is 34.8. The van der Waals surface area contributed by atoms with Crippen LogP contribution in [0.4, 0.5) is 0 Å². The number of aliphatic hydroxyl groups is 2. The number of carboxylic acid groups (broad SMARTS) is 1. The Bertz CT molecular complexity index is 1350. The molecule has 3 rings (SSSR count). The molecule has 12 nitrogen and oxygen atoms in total.